The summed E-state index contributed by atoms with van der Waals surface area (Å²) in [5.41, 5.74) is 0.490. The highest BCUT2D eigenvalue weighted by Crippen LogP contribution is 2.28. The molecule has 0 atom stereocenters. The van der Waals surface area contributed by atoms with Crippen LogP contribution >= 0.6 is 22.3 Å². The number of ether oxygens (including phenoxy) is 1. The molecular formula is C13H17Cl2NO4S. The first kappa shape index (κ1) is 18.2. The van der Waals surface area contributed by atoms with Crippen LogP contribution in [0, 0.1) is 6.92 Å². The lowest BCUT2D eigenvalue weighted by Crippen LogP contribution is -2.30. The van der Waals surface area contributed by atoms with Crippen molar-refractivity contribution in [2.75, 3.05) is 26.8 Å². The SMILES string of the molecule is CCOCCN(C)C(=O)c1cc(Cl)c(C)c(S(=O)(=O)Cl)c1. The first-order valence-electron chi connectivity index (χ1n) is 6.26. The average molecular weight is 354 g/mol. The Kier molecular flexibility index (Phi) is 6.46. The highest BCUT2D eigenvalue weighted by Gasteiger charge is 2.21. The summed E-state index contributed by atoms with van der Waals surface area (Å²) in [6.45, 7) is 4.75. The van der Waals surface area contributed by atoms with Gasteiger partial charge in [0.15, 0.2) is 0 Å². The van der Waals surface area contributed by atoms with Crippen molar-refractivity contribution in [3.8, 4) is 0 Å². The van der Waals surface area contributed by atoms with E-state index in [4.69, 9.17) is 27.0 Å². The zero-order valence-corrected chi connectivity index (χ0v) is 14.3. The van der Waals surface area contributed by atoms with Gasteiger partial charge in [-0.05, 0) is 31.5 Å². The molecule has 0 aromatic heterocycles. The van der Waals surface area contributed by atoms with E-state index in [2.05, 4.69) is 0 Å². The summed E-state index contributed by atoms with van der Waals surface area (Å²) in [5.74, 6) is -0.349. The predicted octanol–water partition coefficient (Wildman–Crippen LogP) is 2.68. The van der Waals surface area contributed by atoms with Crippen LogP contribution in [0.4, 0.5) is 0 Å². The number of hydrogen-bond donors (Lipinski definition) is 0. The zero-order valence-electron chi connectivity index (χ0n) is 12.0. The molecule has 0 aliphatic rings. The molecule has 0 saturated carbocycles. The molecule has 1 aromatic rings. The number of rotatable bonds is 6. The van der Waals surface area contributed by atoms with Crippen molar-refractivity contribution in [2.45, 2.75) is 18.7 Å². The van der Waals surface area contributed by atoms with Gasteiger partial charge >= 0.3 is 0 Å². The van der Waals surface area contributed by atoms with E-state index in [9.17, 15) is 13.2 Å². The third-order valence-electron chi connectivity index (χ3n) is 2.93. The van der Waals surface area contributed by atoms with Crippen LogP contribution in [0.2, 0.25) is 5.02 Å². The van der Waals surface area contributed by atoms with E-state index in [1.807, 2.05) is 6.92 Å². The summed E-state index contributed by atoms with van der Waals surface area (Å²) in [6.07, 6.45) is 0. The second kappa shape index (κ2) is 7.45. The molecule has 0 aliphatic carbocycles. The van der Waals surface area contributed by atoms with Crippen molar-refractivity contribution >= 4 is 37.2 Å². The van der Waals surface area contributed by atoms with E-state index in [0.717, 1.165) is 0 Å². The van der Waals surface area contributed by atoms with Crippen LogP contribution in [-0.2, 0) is 13.8 Å². The van der Waals surface area contributed by atoms with E-state index in [-0.39, 0.29) is 21.4 Å². The fourth-order valence-corrected chi connectivity index (χ4v) is 3.20. The number of nitrogens with zero attached hydrogens (tertiary/aromatic N) is 1. The fourth-order valence-electron chi connectivity index (χ4n) is 1.70. The van der Waals surface area contributed by atoms with Crippen LogP contribution in [0.25, 0.3) is 0 Å². The molecule has 0 heterocycles. The molecule has 8 heteroatoms. The number of hydrogen-bond acceptors (Lipinski definition) is 4. The number of carbonyl (C=O) groups is 1. The molecule has 0 spiro atoms. The first-order chi connectivity index (χ1) is 9.68. The van der Waals surface area contributed by atoms with E-state index < -0.39 is 9.05 Å². The standard InChI is InChI=1S/C13H17Cl2NO4S/c1-4-20-6-5-16(3)13(17)10-7-11(14)9(2)12(8-10)21(15,18)19/h7-8H,4-6H2,1-3H3. The predicted molar refractivity (Wildman–Crippen MR) is 82.7 cm³/mol. The summed E-state index contributed by atoms with van der Waals surface area (Å²) >= 11 is 5.98. The molecule has 21 heavy (non-hydrogen) atoms. The molecule has 0 bridgehead atoms. The Hall–Kier alpha value is -0.820. The van der Waals surface area contributed by atoms with Crippen LogP contribution < -0.4 is 0 Å². The van der Waals surface area contributed by atoms with Crippen LogP contribution in [0.5, 0.6) is 0 Å². The van der Waals surface area contributed by atoms with Gasteiger partial charge in [-0.25, -0.2) is 8.42 Å². The topological polar surface area (TPSA) is 63.7 Å². The van der Waals surface area contributed by atoms with E-state index in [1.165, 1.54) is 24.0 Å². The van der Waals surface area contributed by atoms with Crippen molar-refractivity contribution in [3.63, 3.8) is 0 Å². The average Bonchev–Trinajstić information content (AvgIpc) is 2.39. The van der Waals surface area contributed by atoms with E-state index >= 15 is 0 Å². The van der Waals surface area contributed by atoms with Gasteiger partial charge in [0.2, 0.25) is 0 Å². The van der Waals surface area contributed by atoms with Crippen LogP contribution in [0.3, 0.4) is 0 Å². The Morgan fingerprint density at radius 1 is 1.38 bits per heavy atom. The largest absolute Gasteiger partial charge is 0.380 e. The summed E-state index contributed by atoms with van der Waals surface area (Å²) in [4.78, 5) is 13.5. The van der Waals surface area contributed by atoms with Crippen LogP contribution in [0.1, 0.15) is 22.8 Å². The zero-order chi connectivity index (χ0) is 16.2. The molecule has 1 rings (SSSR count). The van der Waals surface area contributed by atoms with E-state index in [1.54, 1.807) is 7.05 Å². The van der Waals surface area contributed by atoms with Gasteiger partial charge < -0.3 is 9.64 Å². The second-order valence-electron chi connectivity index (χ2n) is 4.44. The number of halogens is 2. The van der Waals surface area contributed by atoms with Crippen LogP contribution in [-0.4, -0.2) is 46.0 Å². The smallest absolute Gasteiger partial charge is 0.261 e. The monoisotopic (exact) mass is 353 g/mol. The second-order valence-corrected chi connectivity index (χ2v) is 7.38. The molecule has 0 N–H and O–H groups in total. The van der Waals surface area contributed by atoms with Crippen molar-refractivity contribution < 1.29 is 17.9 Å². The summed E-state index contributed by atoms with van der Waals surface area (Å²) < 4.78 is 28.2. The number of carbonyl (C=O) groups excluding carboxylic acids is 1. The van der Waals surface area contributed by atoms with E-state index in [0.29, 0.717) is 25.3 Å². The lowest BCUT2D eigenvalue weighted by Gasteiger charge is -2.18. The van der Waals surface area contributed by atoms with Crippen molar-refractivity contribution in [3.05, 3.63) is 28.3 Å². The fraction of sp³-hybridized carbons (Fsp3) is 0.462. The summed E-state index contributed by atoms with van der Waals surface area (Å²) in [6, 6.07) is 2.67. The van der Waals surface area contributed by atoms with Crippen molar-refractivity contribution in [1.29, 1.82) is 0 Å². The minimum Gasteiger partial charge on any atom is -0.380 e. The maximum atomic E-state index is 12.3. The highest BCUT2D eigenvalue weighted by atomic mass is 35.7. The molecule has 0 aliphatic heterocycles. The Labute approximate surface area is 134 Å². The molecule has 1 amide bonds. The lowest BCUT2D eigenvalue weighted by molar-refractivity contribution is 0.0709. The van der Waals surface area contributed by atoms with Gasteiger partial charge in [-0.2, -0.15) is 0 Å². The first-order valence-corrected chi connectivity index (χ1v) is 8.95. The number of amides is 1. The van der Waals surface area contributed by atoms with Gasteiger partial charge in [0, 0.05) is 41.5 Å². The van der Waals surface area contributed by atoms with Crippen molar-refractivity contribution in [2.24, 2.45) is 0 Å². The normalized spacial score (nSPS) is 11.5. The molecular weight excluding hydrogens is 337 g/mol. The van der Waals surface area contributed by atoms with Gasteiger partial charge in [0.1, 0.15) is 0 Å². The maximum absolute atomic E-state index is 12.3. The summed E-state index contributed by atoms with van der Waals surface area (Å²) in [5, 5.41) is 0.179. The Balaban J connectivity index is 3.09. The van der Waals surface area contributed by atoms with Crippen LogP contribution in [0.15, 0.2) is 17.0 Å². The molecule has 0 saturated heterocycles. The Bertz CT molecular complexity index is 631. The van der Waals surface area contributed by atoms with Gasteiger partial charge in [-0.15, -0.1) is 0 Å². The van der Waals surface area contributed by atoms with Gasteiger partial charge in [-0.1, -0.05) is 11.6 Å². The Morgan fingerprint density at radius 3 is 2.52 bits per heavy atom. The Morgan fingerprint density at radius 2 is 2.00 bits per heavy atom. The summed E-state index contributed by atoms with van der Waals surface area (Å²) in [7, 11) is 3.00. The molecule has 0 fully saturated rings. The third kappa shape index (κ3) is 4.85. The molecule has 0 unspecified atom stereocenters. The van der Waals surface area contributed by atoms with Crippen molar-refractivity contribution in [1.82, 2.24) is 4.90 Å². The molecule has 1 aromatic carbocycles. The quantitative estimate of drug-likeness (QED) is 0.582. The van der Waals surface area contributed by atoms with Gasteiger partial charge in [-0.3, -0.25) is 4.79 Å². The lowest BCUT2D eigenvalue weighted by atomic mass is 10.1. The third-order valence-corrected chi connectivity index (χ3v) is 4.77. The molecule has 118 valence electrons. The molecule has 0 radical (unpaired) electrons. The minimum absolute atomic E-state index is 0.154. The highest BCUT2D eigenvalue weighted by molar-refractivity contribution is 8.13. The minimum atomic E-state index is -3.97. The number of likely N-dealkylation sites (N-methyl/N-ethyl adjacent to an activating group) is 1. The molecule has 5 nitrogen and oxygen atoms in total. The number of benzene rings is 1. The van der Waals surface area contributed by atoms with Gasteiger partial charge in [0.25, 0.3) is 15.0 Å². The van der Waals surface area contributed by atoms with Gasteiger partial charge in [0.05, 0.1) is 11.5 Å². The maximum Gasteiger partial charge on any atom is 0.261 e.